The van der Waals surface area contributed by atoms with Crippen LogP contribution in [-0.4, -0.2) is 25.5 Å². The van der Waals surface area contributed by atoms with Gasteiger partial charge in [0.1, 0.15) is 0 Å². The Hall–Kier alpha value is -1.88. The topological polar surface area (TPSA) is 58.6 Å². The number of para-hydroxylation sites is 1. The van der Waals surface area contributed by atoms with E-state index in [1.54, 1.807) is 30.6 Å². The molecular weight excluding hydrogens is 208 g/mol. The molecule has 1 rings (SSSR count). The quantitative estimate of drug-likeness (QED) is 0.779. The summed E-state index contributed by atoms with van der Waals surface area (Å²) in [6, 6.07) is 7.65. The molecule has 1 N–H and O–H groups in total. The molecular formula is C11H13N2O3. The molecule has 5 heteroatoms. The Morgan fingerprint density at radius 3 is 2.56 bits per heavy atom. The highest BCUT2D eigenvalue weighted by Gasteiger charge is 2.16. The monoisotopic (exact) mass is 221 g/mol. The molecule has 0 unspecified atom stereocenters. The van der Waals surface area contributed by atoms with E-state index >= 15 is 0 Å². The Morgan fingerprint density at radius 1 is 1.44 bits per heavy atom. The van der Waals surface area contributed by atoms with E-state index in [1.807, 2.05) is 6.07 Å². The van der Waals surface area contributed by atoms with Gasteiger partial charge in [0.05, 0.1) is 18.8 Å². The summed E-state index contributed by atoms with van der Waals surface area (Å²) >= 11 is 0. The first-order valence-electron chi connectivity index (χ1n) is 4.76. The van der Waals surface area contributed by atoms with Crippen molar-refractivity contribution in [3.05, 3.63) is 30.3 Å². The number of benzene rings is 1. The van der Waals surface area contributed by atoms with Gasteiger partial charge in [0.2, 0.25) is 6.29 Å². The van der Waals surface area contributed by atoms with Crippen molar-refractivity contribution in [3.63, 3.8) is 0 Å². The van der Waals surface area contributed by atoms with Crippen LogP contribution in [0.25, 0.3) is 0 Å². The van der Waals surface area contributed by atoms with Gasteiger partial charge in [-0.15, -0.1) is 0 Å². The molecule has 0 saturated heterocycles. The number of nitrogens with zero attached hydrogens (tertiary/aromatic N) is 1. The summed E-state index contributed by atoms with van der Waals surface area (Å²) in [6.07, 6.45) is 1.66. The Labute approximate surface area is 94.0 Å². The number of amides is 2. The molecule has 1 radical (unpaired) electrons. The largest absolute Gasteiger partial charge is 0.346 e. The summed E-state index contributed by atoms with van der Waals surface area (Å²) in [4.78, 5) is 26.9. The third kappa shape index (κ3) is 3.06. The zero-order valence-corrected chi connectivity index (χ0v) is 9.14. The summed E-state index contributed by atoms with van der Waals surface area (Å²) < 4.78 is 0. The molecule has 0 heterocycles. The lowest BCUT2D eigenvalue weighted by atomic mass is 10.3. The lowest BCUT2D eigenvalue weighted by Gasteiger charge is -2.20. The molecule has 0 aliphatic rings. The second-order valence-corrected chi connectivity index (χ2v) is 3.10. The molecule has 0 aliphatic heterocycles. The van der Waals surface area contributed by atoms with Crippen LogP contribution in [0.15, 0.2) is 30.3 Å². The molecule has 85 valence electrons. The highest BCUT2D eigenvalue weighted by molar-refractivity contribution is 5.91. The predicted molar refractivity (Wildman–Crippen MR) is 59.6 cm³/mol. The number of anilines is 1. The van der Waals surface area contributed by atoms with Gasteiger partial charge in [0.15, 0.2) is 0 Å². The molecule has 1 atom stereocenters. The Balaban J connectivity index is 2.75. The lowest BCUT2D eigenvalue weighted by Crippen LogP contribution is -2.44. The first-order valence-corrected chi connectivity index (χ1v) is 4.76. The normalized spacial score (nSPS) is 11.6. The smallest absolute Gasteiger partial charge is 0.326 e. The highest BCUT2D eigenvalue weighted by Crippen LogP contribution is 2.12. The fourth-order valence-corrected chi connectivity index (χ4v) is 1.14. The van der Waals surface area contributed by atoms with Crippen LogP contribution < -0.4 is 10.4 Å². The first-order chi connectivity index (χ1) is 7.69. The van der Waals surface area contributed by atoms with Crippen molar-refractivity contribution in [1.29, 1.82) is 0 Å². The predicted octanol–water partition coefficient (Wildman–Crippen LogP) is 1.26. The van der Waals surface area contributed by atoms with Crippen molar-refractivity contribution < 1.29 is 14.4 Å². The molecule has 16 heavy (non-hydrogen) atoms. The van der Waals surface area contributed by atoms with E-state index in [1.165, 1.54) is 14.0 Å². The Morgan fingerprint density at radius 2 is 2.06 bits per heavy atom. The molecule has 0 bridgehead atoms. The number of carbonyl (C=O) groups excluding carboxylic acids is 2. The van der Waals surface area contributed by atoms with Crippen LogP contribution in [0.4, 0.5) is 10.5 Å². The minimum Gasteiger partial charge on any atom is -0.326 e. The molecule has 1 aromatic rings. The van der Waals surface area contributed by atoms with Gasteiger partial charge in [0.25, 0.3) is 0 Å². The number of hydroxylamine groups is 1. The van der Waals surface area contributed by atoms with Crippen LogP contribution in [0, 0.1) is 0 Å². The zero-order chi connectivity index (χ0) is 12.0. The number of urea groups is 1. The van der Waals surface area contributed by atoms with E-state index in [4.69, 9.17) is 4.84 Å². The minimum atomic E-state index is -0.672. The second-order valence-electron chi connectivity index (χ2n) is 3.10. The third-order valence-corrected chi connectivity index (χ3v) is 1.87. The summed E-state index contributed by atoms with van der Waals surface area (Å²) in [5.41, 5.74) is 0.584. The SMILES string of the molecule is CON(C(=O)N[C@@H](C)[C]=O)c1ccccc1. The maximum absolute atomic E-state index is 11.7. The average molecular weight is 221 g/mol. The van der Waals surface area contributed by atoms with E-state index in [2.05, 4.69) is 5.32 Å². The fourth-order valence-electron chi connectivity index (χ4n) is 1.14. The lowest BCUT2D eigenvalue weighted by molar-refractivity contribution is 0.162. The number of rotatable bonds is 4. The van der Waals surface area contributed by atoms with Crippen molar-refractivity contribution in [1.82, 2.24) is 5.32 Å². The van der Waals surface area contributed by atoms with Crippen LogP contribution >= 0.6 is 0 Å². The van der Waals surface area contributed by atoms with Crippen LogP contribution in [0.1, 0.15) is 6.92 Å². The van der Waals surface area contributed by atoms with Gasteiger partial charge in [-0.25, -0.2) is 4.79 Å². The van der Waals surface area contributed by atoms with Gasteiger partial charge in [-0.1, -0.05) is 18.2 Å². The zero-order valence-electron chi connectivity index (χ0n) is 9.14. The van der Waals surface area contributed by atoms with E-state index in [0.29, 0.717) is 5.69 Å². The maximum Gasteiger partial charge on any atom is 0.346 e. The van der Waals surface area contributed by atoms with Crippen molar-refractivity contribution in [3.8, 4) is 0 Å². The van der Waals surface area contributed by atoms with Crippen LogP contribution in [0.2, 0.25) is 0 Å². The van der Waals surface area contributed by atoms with Crippen LogP contribution in [-0.2, 0) is 9.63 Å². The van der Waals surface area contributed by atoms with Gasteiger partial charge in [-0.05, 0) is 19.1 Å². The molecule has 1 aromatic carbocycles. The summed E-state index contributed by atoms with van der Waals surface area (Å²) in [5.74, 6) is 0. The molecule has 0 spiro atoms. The van der Waals surface area contributed by atoms with E-state index < -0.39 is 12.1 Å². The molecule has 2 amide bonds. The summed E-state index contributed by atoms with van der Waals surface area (Å²) in [7, 11) is 1.38. The van der Waals surface area contributed by atoms with Gasteiger partial charge >= 0.3 is 6.03 Å². The minimum absolute atomic E-state index is 0.510. The molecule has 0 saturated carbocycles. The van der Waals surface area contributed by atoms with Crippen LogP contribution in [0.5, 0.6) is 0 Å². The van der Waals surface area contributed by atoms with E-state index in [-0.39, 0.29) is 0 Å². The average Bonchev–Trinajstić information content (AvgIpc) is 2.31. The number of hydrogen-bond acceptors (Lipinski definition) is 3. The van der Waals surface area contributed by atoms with E-state index in [0.717, 1.165) is 5.06 Å². The Kier molecular flexibility index (Phi) is 4.47. The number of hydrogen-bond donors (Lipinski definition) is 1. The Bertz CT molecular complexity index is 354. The van der Waals surface area contributed by atoms with Gasteiger partial charge in [-0.2, -0.15) is 5.06 Å². The third-order valence-electron chi connectivity index (χ3n) is 1.87. The van der Waals surface area contributed by atoms with Gasteiger partial charge in [0, 0.05) is 0 Å². The van der Waals surface area contributed by atoms with Crippen LogP contribution in [0.3, 0.4) is 0 Å². The van der Waals surface area contributed by atoms with Crippen molar-refractivity contribution in [2.75, 3.05) is 12.2 Å². The second kappa shape index (κ2) is 5.87. The van der Waals surface area contributed by atoms with Crippen molar-refractivity contribution in [2.24, 2.45) is 0 Å². The van der Waals surface area contributed by atoms with Gasteiger partial charge < -0.3 is 5.32 Å². The highest BCUT2D eigenvalue weighted by atomic mass is 16.7. The molecule has 5 nitrogen and oxygen atoms in total. The standard InChI is InChI=1S/C11H13N2O3/c1-9(8-14)12-11(15)13(16-2)10-6-4-3-5-7-10/h3-7,9H,1-2H3,(H,12,15)/t9-/m0/s1. The molecule has 0 fully saturated rings. The van der Waals surface area contributed by atoms with Gasteiger partial charge in [-0.3, -0.25) is 9.63 Å². The van der Waals surface area contributed by atoms with E-state index in [9.17, 15) is 9.59 Å². The first kappa shape index (κ1) is 12.2. The number of carbonyl (C=O) groups is 1. The summed E-state index contributed by atoms with van der Waals surface area (Å²) in [6.45, 7) is 1.53. The molecule has 0 aliphatic carbocycles. The van der Waals surface area contributed by atoms with Crippen molar-refractivity contribution in [2.45, 2.75) is 13.0 Å². The maximum atomic E-state index is 11.7. The number of nitrogens with one attached hydrogen (secondary N) is 1. The fraction of sp³-hybridized carbons (Fsp3) is 0.273. The molecule has 0 aromatic heterocycles. The van der Waals surface area contributed by atoms with Crippen molar-refractivity contribution >= 4 is 18.0 Å². The summed E-state index contributed by atoms with van der Waals surface area (Å²) in [5, 5.41) is 3.48.